The van der Waals surface area contributed by atoms with Crippen molar-refractivity contribution in [2.75, 3.05) is 28.4 Å². The highest BCUT2D eigenvalue weighted by atomic mass is 16.5. The van der Waals surface area contributed by atoms with Gasteiger partial charge in [-0.2, -0.15) is 0 Å². The van der Waals surface area contributed by atoms with E-state index in [2.05, 4.69) is 0 Å². The summed E-state index contributed by atoms with van der Waals surface area (Å²) in [6.45, 7) is 0. The Morgan fingerprint density at radius 1 is 0.840 bits per heavy atom. The Morgan fingerprint density at radius 3 is 2.00 bits per heavy atom. The molecule has 0 bridgehead atoms. The van der Waals surface area contributed by atoms with Gasteiger partial charge in [-0.05, 0) is 29.8 Å². The standard InChI is InChI=1S/C19H20O6/c1-22-16-8-6-12(9-15(16)21)5-7-14(20)13-10-18(24-3)19(25-4)11-17(13)23-2/h5-11,21H,1-4H3/b7-5+. The predicted molar refractivity (Wildman–Crippen MR) is 94.1 cm³/mol. The lowest BCUT2D eigenvalue weighted by Gasteiger charge is -2.12. The second-order valence-corrected chi connectivity index (χ2v) is 5.04. The normalized spacial score (nSPS) is 10.6. The average molecular weight is 344 g/mol. The maximum absolute atomic E-state index is 12.5. The highest BCUT2D eigenvalue weighted by molar-refractivity contribution is 6.09. The first-order chi connectivity index (χ1) is 12.0. The van der Waals surface area contributed by atoms with E-state index < -0.39 is 0 Å². The first-order valence-electron chi connectivity index (χ1n) is 7.43. The summed E-state index contributed by atoms with van der Waals surface area (Å²) in [5.74, 6) is 1.38. The van der Waals surface area contributed by atoms with Crippen LogP contribution in [0, 0.1) is 0 Å². The van der Waals surface area contributed by atoms with Crippen LogP contribution in [-0.4, -0.2) is 39.3 Å². The molecule has 0 spiro atoms. The van der Waals surface area contributed by atoms with Crippen molar-refractivity contribution in [3.63, 3.8) is 0 Å². The lowest BCUT2D eigenvalue weighted by Crippen LogP contribution is -2.01. The highest BCUT2D eigenvalue weighted by Crippen LogP contribution is 2.35. The fourth-order valence-electron chi connectivity index (χ4n) is 2.29. The molecule has 2 aromatic carbocycles. The van der Waals surface area contributed by atoms with Crippen molar-refractivity contribution in [2.45, 2.75) is 0 Å². The van der Waals surface area contributed by atoms with E-state index in [0.29, 0.717) is 34.1 Å². The van der Waals surface area contributed by atoms with E-state index in [9.17, 15) is 9.90 Å². The number of carbonyl (C=O) groups excluding carboxylic acids is 1. The Morgan fingerprint density at radius 2 is 1.44 bits per heavy atom. The largest absolute Gasteiger partial charge is 0.504 e. The molecule has 0 radical (unpaired) electrons. The first kappa shape index (κ1) is 18.2. The number of phenols is 1. The van der Waals surface area contributed by atoms with E-state index in [4.69, 9.17) is 18.9 Å². The lowest BCUT2D eigenvalue weighted by atomic mass is 10.1. The van der Waals surface area contributed by atoms with Gasteiger partial charge >= 0.3 is 0 Å². The lowest BCUT2D eigenvalue weighted by molar-refractivity contribution is 0.104. The van der Waals surface area contributed by atoms with Gasteiger partial charge in [-0.25, -0.2) is 0 Å². The third kappa shape index (κ3) is 4.03. The fourth-order valence-corrected chi connectivity index (χ4v) is 2.29. The molecule has 0 aliphatic carbocycles. The number of rotatable bonds is 7. The van der Waals surface area contributed by atoms with Gasteiger partial charge in [0.2, 0.25) is 0 Å². The summed E-state index contributed by atoms with van der Waals surface area (Å²) in [6.07, 6.45) is 2.99. The van der Waals surface area contributed by atoms with E-state index in [1.54, 1.807) is 30.3 Å². The maximum atomic E-state index is 12.5. The molecule has 0 saturated heterocycles. The summed E-state index contributed by atoms with van der Waals surface area (Å²) in [6, 6.07) is 8.02. The van der Waals surface area contributed by atoms with Crippen molar-refractivity contribution in [1.82, 2.24) is 0 Å². The van der Waals surface area contributed by atoms with Gasteiger partial charge in [-0.1, -0.05) is 12.1 Å². The summed E-state index contributed by atoms with van der Waals surface area (Å²) < 4.78 is 20.7. The van der Waals surface area contributed by atoms with Crippen LogP contribution < -0.4 is 18.9 Å². The van der Waals surface area contributed by atoms with Gasteiger partial charge in [0, 0.05) is 6.07 Å². The third-order valence-corrected chi connectivity index (χ3v) is 3.60. The third-order valence-electron chi connectivity index (χ3n) is 3.60. The number of allylic oxidation sites excluding steroid dienone is 1. The van der Waals surface area contributed by atoms with Crippen LogP contribution >= 0.6 is 0 Å². The molecule has 0 unspecified atom stereocenters. The quantitative estimate of drug-likeness (QED) is 0.613. The molecule has 0 aliphatic rings. The molecule has 6 heteroatoms. The van der Waals surface area contributed by atoms with Gasteiger partial charge in [0.05, 0.1) is 34.0 Å². The van der Waals surface area contributed by atoms with Gasteiger partial charge in [0.1, 0.15) is 5.75 Å². The molecule has 25 heavy (non-hydrogen) atoms. The van der Waals surface area contributed by atoms with E-state index in [1.807, 2.05) is 0 Å². The summed E-state index contributed by atoms with van der Waals surface area (Å²) in [5.41, 5.74) is 1.00. The predicted octanol–water partition coefficient (Wildman–Crippen LogP) is 3.32. The van der Waals surface area contributed by atoms with Crippen LogP contribution in [-0.2, 0) is 0 Å². The van der Waals surface area contributed by atoms with Gasteiger partial charge in [0.15, 0.2) is 28.8 Å². The molecule has 0 atom stereocenters. The summed E-state index contributed by atoms with van der Waals surface area (Å²) in [5, 5.41) is 9.79. The molecule has 0 heterocycles. The van der Waals surface area contributed by atoms with Gasteiger partial charge in [-0.3, -0.25) is 4.79 Å². The molecule has 0 fully saturated rings. The number of hydrogen-bond donors (Lipinski definition) is 1. The molecular weight excluding hydrogens is 324 g/mol. The number of hydrogen-bond acceptors (Lipinski definition) is 6. The van der Waals surface area contributed by atoms with Crippen molar-refractivity contribution < 1.29 is 28.8 Å². The van der Waals surface area contributed by atoms with E-state index in [-0.39, 0.29) is 11.5 Å². The molecular formula is C19H20O6. The smallest absolute Gasteiger partial charge is 0.189 e. The average Bonchev–Trinajstić information content (AvgIpc) is 2.64. The SMILES string of the molecule is COc1ccc(/C=C/C(=O)c2cc(OC)c(OC)cc2OC)cc1O. The molecule has 0 aliphatic heterocycles. The number of carbonyl (C=O) groups is 1. The molecule has 0 saturated carbocycles. The minimum Gasteiger partial charge on any atom is -0.504 e. The van der Waals surface area contributed by atoms with Gasteiger partial charge < -0.3 is 24.1 Å². The molecule has 2 aromatic rings. The Bertz CT molecular complexity index is 795. The van der Waals surface area contributed by atoms with Crippen LogP contribution in [0.25, 0.3) is 6.08 Å². The molecule has 6 nitrogen and oxygen atoms in total. The fraction of sp³-hybridized carbons (Fsp3) is 0.211. The molecule has 1 N–H and O–H groups in total. The second-order valence-electron chi connectivity index (χ2n) is 5.04. The zero-order valence-electron chi connectivity index (χ0n) is 14.5. The minimum absolute atomic E-state index is 0.000737. The summed E-state index contributed by atoms with van der Waals surface area (Å²) >= 11 is 0. The van der Waals surface area contributed by atoms with Crippen LogP contribution in [0.2, 0.25) is 0 Å². The van der Waals surface area contributed by atoms with E-state index >= 15 is 0 Å². The second kappa shape index (κ2) is 8.10. The number of methoxy groups -OCH3 is 4. The zero-order chi connectivity index (χ0) is 18.4. The number of ether oxygens (including phenoxy) is 4. The maximum Gasteiger partial charge on any atom is 0.189 e. The van der Waals surface area contributed by atoms with Gasteiger partial charge in [-0.15, -0.1) is 0 Å². The monoisotopic (exact) mass is 344 g/mol. The van der Waals surface area contributed by atoms with Crippen LogP contribution in [0.3, 0.4) is 0 Å². The molecule has 2 rings (SSSR count). The summed E-state index contributed by atoms with van der Waals surface area (Å²) in [7, 11) is 5.95. The molecule has 0 aromatic heterocycles. The van der Waals surface area contributed by atoms with Crippen molar-refractivity contribution in [3.05, 3.63) is 47.5 Å². The van der Waals surface area contributed by atoms with Crippen LogP contribution in [0.15, 0.2) is 36.4 Å². The Kier molecular flexibility index (Phi) is 5.89. The Balaban J connectivity index is 2.32. The Hall–Kier alpha value is -3.15. The van der Waals surface area contributed by atoms with Gasteiger partial charge in [0.25, 0.3) is 0 Å². The van der Waals surface area contributed by atoms with Crippen molar-refractivity contribution in [3.8, 4) is 28.7 Å². The van der Waals surface area contributed by atoms with Crippen molar-refractivity contribution in [1.29, 1.82) is 0 Å². The molecule has 132 valence electrons. The van der Waals surface area contributed by atoms with Crippen molar-refractivity contribution in [2.24, 2.45) is 0 Å². The number of aromatic hydroxyl groups is 1. The number of benzene rings is 2. The van der Waals surface area contributed by atoms with E-state index in [1.165, 1.54) is 40.6 Å². The topological polar surface area (TPSA) is 74.2 Å². The van der Waals surface area contributed by atoms with Crippen LogP contribution in [0.1, 0.15) is 15.9 Å². The number of ketones is 1. The minimum atomic E-state index is -0.270. The Labute approximate surface area is 146 Å². The van der Waals surface area contributed by atoms with Crippen LogP contribution in [0.4, 0.5) is 0 Å². The van der Waals surface area contributed by atoms with Crippen molar-refractivity contribution >= 4 is 11.9 Å². The first-order valence-corrected chi connectivity index (χ1v) is 7.43. The van der Waals surface area contributed by atoms with Crippen LogP contribution in [0.5, 0.6) is 28.7 Å². The zero-order valence-corrected chi connectivity index (χ0v) is 14.5. The highest BCUT2D eigenvalue weighted by Gasteiger charge is 2.16. The summed E-state index contributed by atoms with van der Waals surface area (Å²) in [4.78, 5) is 12.5. The number of phenolic OH excluding ortho intramolecular Hbond substituents is 1. The van der Waals surface area contributed by atoms with E-state index in [0.717, 1.165) is 0 Å². The molecule has 0 amide bonds.